The number of rotatable bonds is 4. The molecule has 0 spiro atoms. The first kappa shape index (κ1) is 13.9. The lowest BCUT2D eigenvalue weighted by atomic mass is 9.96. The minimum absolute atomic E-state index is 0.113. The van der Waals surface area contributed by atoms with E-state index in [4.69, 9.17) is 10.5 Å². The van der Waals surface area contributed by atoms with Crippen LogP contribution >= 0.6 is 11.5 Å². The molecule has 1 saturated heterocycles. The highest BCUT2D eigenvalue weighted by Gasteiger charge is 2.27. The number of nitrogens with one attached hydrogen (secondary N) is 1. The van der Waals surface area contributed by atoms with Crippen LogP contribution < -0.4 is 20.7 Å². The molecule has 2 rings (SSSR count). The fraction of sp³-hybridized carbons (Fsp3) is 0.667. The van der Waals surface area contributed by atoms with E-state index in [0.29, 0.717) is 18.2 Å². The molecule has 1 aliphatic rings. The lowest BCUT2D eigenvalue weighted by Gasteiger charge is -2.31. The molecule has 0 radical (unpaired) electrons. The molecule has 0 aliphatic carbocycles. The van der Waals surface area contributed by atoms with E-state index in [0.717, 1.165) is 30.9 Å². The van der Waals surface area contributed by atoms with Gasteiger partial charge in [-0.15, -0.1) is 0 Å². The molecule has 1 fully saturated rings. The third kappa shape index (κ3) is 2.91. The van der Waals surface area contributed by atoms with Gasteiger partial charge in [0.05, 0.1) is 6.61 Å². The lowest BCUT2D eigenvalue weighted by Crippen LogP contribution is -2.39. The Morgan fingerprint density at radius 1 is 1.58 bits per heavy atom. The fourth-order valence-electron chi connectivity index (χ4n) is 2.32. The largest absolute Gasteiger partial charge is 0.487 e. The zero-order valence-electron chi connectivity index (χ0n) is 11.3. The van der Waals surface area contributed by atoms with Gasteiger partial charge >= 0.3 is 0 Å². The van der Waals surface area contributed by atoms with Gasteiger partial charge in [0.15, 0.2) is 16.6 Å². The number of anilines is 2. The molecule has 1 aromatic rings. The van der Waals surface area contributed by atoms with E-state index in [1.165, 1.54) is 11.5 Å². The number of nitrogens with zero attached hydrogens (tertiary/aromatic N) is 2. The summed E-state index contributed by atoms with van der Waals surface area (Å²) in [5, 5.41) is 3.69. The van der Waals surface area contributed by atoms with Crippen molar-refractivity contribution in [1.29, 1.82) is 0 Å². The molecule has 106 valence electrons. The van der Waals surface area contributed by atoms with Crippen molar-refractivity contribution in [2.75, 3.05) is 37.4 Å². The van der Waals surface area contributed by atoms with Gasteiger partial charge in [-0.1, -0.05) is 0 Å². The number of hydrogen-bond acceptors (Lipinski definition) is 6. The maximum absolute atomic E-state index is 11.6. The molecule has 0 bridgehead atoms. The third-order valence-electron chi connectivity index (χ3n) is 3.35. The van der Waals surface area contributed by atoms with E-state index in [2.05, 4.69) is 14.6 Å². The topological polar surface area (TPSA) is 80.5 Å². The van der Waals surface area contributed by atoms with E-state index in [-0.39, 0.29) is 11.8 Å². The maximum atomic E-state index is 11.6. The van der Waals surface area contributed by atoms with Crippen LogP contribution in [0.25, 0.3) is 0 Å². The summed E-state index contributed by atoms with van der Waals surface area (Å²) in [6.07, 6.45) is 1.70. The SMILES string of the molecule is CCOc1c(N)nsc1N1CCC(C(=O)NC)CC1. The molecule has 0 atom stereocenters. The number of carbonyl (C=O) groups excluding carboxylic acids is 1. The van der Waals surface area contributed by atoms with Gasteiger partial charge in [-0.05, 0) is 31.3 Å². The molecule has 2 heterocycles. The second kappa shape index (κ2) is 6.10. The first-order valence-corrected chi connectivity index (χ1v) is 7.29. The second-order valence-corrected chi connectivity index (χ2v) is 5.26. The van der Waals surface area contributed by atoms with Crippen molar-refractivity contribution in [2.24, 2.45) is 5.92 Å². The third-order valence-corrected chi connectivity index (χ3v) is 4.25. The summed E-state index contributed by atoms with van der Waals surface area (Å²) in [7, 11) is 1.69. The Hall–Kier alpha value is -1.50. The predicted octanol–water partition coefficient (Wildman–Crippen LogP) is 1.09. The Bertz CT molecular complexity index is 441. The van der Waals surface area contributed by atoms with Gasteiger partial charge in [-0.25, -0.2) is 0 Å². The van der Waals surface area contributed by atoms with Crippen molar-refractivity contribution in [1.82, 2.24) is 9.69 Å². The smallest absolute Gasteiger partial charge is 0.222 e. The molecule has 0 saturated carbocycles. The molecule has 7 heteroatoms. The number of nitrogens with two attached hydrogens (primary N) is 1. The normalized spacial score (nSPS) is 16.4. The number of aromatic nitrogens is 1. The first-order chi connectivity index (χ1) is 9.17. The van der Waals surface area contributed by atoms with Gasteiger partial charge in [0.1, 0.15) is 0 Å². The number of hydrogen-bond donors (Lipinski definition) is 2. The van der Waals surface area contributed by atoms with Crippen LogP contribution in [-0.2, 0) is 4.79 Å². The molecule has 19 heavy (non-hydrogen) atoms. The summed E-state index contributed by atoms with van der Waals surface area (Å²) < 4.78 is 9.71. The average Bonchev–Trinajstić information content (AvgIpc) is 2.80. The Labute approximate surface area is 117 Å². The summed E-state index contributed by atoms with van der Waals surface area (Å²) in [4.78, 5) is 13.8. The summed E-state index contributed by atoms with van der Waals surface area (Å²) in [5.41, 5.74) is 5.81. The predicted molar refractivity (Wildman–Crippen MR) is 76.7 cm³/mol. The highest BCUT2D eigenvalue weighted by molar-refractivity contribution is 7.11. The van der Waals surface area contributed by atoms with E-state index >= 15 is 0 Å². The maximum Gasteiger partial charge on any atom is 0.222 e. The second-order valence-electron chi connectivity index (χ2n) is 4.51. The highest BCUT2D eigenvalue weighted by Crippen LogP contribution is 2.39. The van der Waals surface area contributed by atoms with Crippen LogP contribution in [0.5, 0.6) is 5.75 Å². The summed E-state index contributed by atoms with van der Waals surface area (Å²) in [6, 6.07) is 0. The number of ether oxygens (including phenoxy) is 1. The van der Waals surface area contributed by atoms with Gasteiger partial charge in [0.25, 0.3) is 0 Å². The fourth-order valence-corrected chi connectivity index (χ4v) is 3.13. The van der Waals surface area contributed by atoms with Crippen LogP contribution in [0.3, 0.4) is 0 Å². The lowest BCUT2D eigenvalue weighted by molar-refractivity contribution is -0.125. The minimum atomic E-state index is 0.113. The van der Waals surface area contributed by atoms with E-state index in [1.807, 2.05) is 6.92 Å². The number of nitrogen functional groups attached to an aromatic ring is 1. The number of amides is 1. The van der Waals surface area contributed by atoms with E-state index < -0.39 is 0 Å². The molecule has 1 aliphatic heterocycles. The molecule has 0 unspecified atom stereocenters. The quantitative estimate of drug-likeness (QED) is 0.865. The molecular formula is C12H20N4O2S. The molecule has 0 aromatic carbocycles. The Kier molecular flexibility index (Phi) is 4.47. The van der Waals surface area contributed by atoms with Crippen molar-refractivity contribution in [3.8, 4) is 5.75 Å². The van der Waals surface area contributed by atoms with Crippen LogP contribution in [0.4, 0.5) is 10.8 Å². The van der Waals surface area contributed by atoms with Crippen molar-refractivity contribution in [3.63, 3.8) is 0 Å². The standard InChI is InChI=1S/C12H20N4O2S/c1-3-18-9-10(13)15-19-12(9)16-6-4-8(5-7-16)11(17)14-2/h8H,3-7H2,1-2H3,(H2,13,15)(H,14,17). The van der Waals surface area contributed by atoms with Crippen LogP contribution in [-0.4, -0.2) is 37.0 Å². The molecular weight excluding hydrogens is 264 g/mol. The van der Waals surface area contributed by atoms with Crippen LogP contribution in [0, 0.1) is 5.92 Å². The van der Waals surface area contributed by atoms with E-state index in [9.17, 15) is 4.79 Å². The summed E-state index contributed by atoms with van der Waals surface area (Å²) >= 11 is 1.36. The van der Waals surface area contributed by atoms with Crippen molar-refractivity contribution < 1.29 is 9.53 Å². The van der Waals surface area contributed by atoms with Crippen LogP contribution in [0.2, 0.25) is 0 Å². The minimum Gasteiger partial charge on any atom is -0.487 e. The molecule has 1 aromatic heterocycles. The van der Waals surface area contributed by atoms with Gasteiger partial charge in [-0.3, -0.25) is 4.79 Å². The van der Waals surface area contributed by atoms with Crippen molar-refractivity contribution >= 4 is 28.3 Å². The van der Waals surface area contributed by atoms with Crippen molar-refractivity contribution in [2.45, 2.75) is 19.8 Å². The van der Waals surface area contributed by atoms with Gasteiger partial charge in [0.2, 0.25) is 5.91 Å². The number of carbonyl (C=O) groups is 1. The zero-order chi connectivity index (χ0) is 13.8. The van der Waals surface area contributed by atoms with Crippen molar-refractivity contribution in [3.05, 3.63) is 0 Å². The monoisotopic (exact) mass is 284 g/mol. The molecule has 6 nitrogen and oxygen atoms in total. The van der Waals surface area contributed by atoms with Crippen LogP contribution in [0.15, 0.2) is 0 Å². The Morgan fingerprint density at radius 2 is 2.26 bits per heavy atom. The number of piperidine rings is 1. The van der Waals surface area contributed by atoms with Gasteiger partial charge in [0, 0.05) is 26.1 Å². The average molecular weight is 284 g/mol. The van der Waals surface area contributed by atoms with Crippen LogP contribution in [0.1, 0.15) is 19.8 Å². The molecule has 1 amide bonds. The van der Waals surface area contributed by atoms with E-state index in [1.54, 1.807) is 7.05 Å². The summed E-state index contributed by atoms with van der Waals surface area (Å²) in [5.74, 6) is 1.39. The Balaban J connectivity index is 2.03. The molecule has 3 N–H and O–H groups in total. The first-order valence-electron chi connectivity index (χ1n) is 6.51. The van der Waals surface area contributed by atoms with Gasteiger partial charge in [-0.2, -0.15) is 4.37 Å². The highest BCUT2D eigenvalue weighted by atomic mass is 32.1. The summed E-state index contributed by atoms with van der Waals surface area (Å²) in [6.45, 7) is 4.17. The Morgan fingerprint density at radius 3 is 2.84 bits per heavy atom. The van der Waals surface area contributed by atoms with Gasteiger partial charge < -0.3 is 20.7 Å². The zero-order valence-corrected chi connectivity index (χ0v) is 12.1.